The molecule has 0 aliphatic rings. The highest BCUT2D eigenvalue weighted by atomic mass is 35.5. The van der Waals surface area contributed by atoms with Gasteiger partial charge in [-0.2, -0.15) is 17.7 Å². The molecule has 0 atom stereocenters. The van der Waals surface area contributed by atoms with Gasteiger partial charge in [-0.3, -0.25) is 0 Å². The lowest BCUT2D eigenvalue weighted by Crippen LogP contribution is -2.05. The molecule has 0 unspecified atom stereocenters. The van der Waals surface area contributed by atoms with Crippen LogP contribution in [0.5, 0.6) is 17.5 Å². The number of benzene rings is 1. The van der Waals surface area contributed by atoms with Crippen molar-refractivity contribution in [1.82, 2.24) is 24.8 Å². The summed E-state index contributed by atoms with van der Waals surface area (Å²) in [4.78, 5) is 4.28. The molecular weight excluding hydrogens is 471 g/mol. The Bertz CT molecular complexity index is 1260. The third-order valence-electron chi connectivity index (χ3n) is 5.02. The molecule has 4 rings (SSSR count). The first-order chi connectivity index (χ1) is 16.3. The van der Waals surface area contributed by atoms with Crippen LogP contribution in [0.2, 0.25) is 5.28 Å². The molecule has 0 amide bonds. The Labute approximate surface area is 198 Å². The van der Waals surface area contributed by atoms with Crippen LogP contribution < -0.4 is 9.47 Å². The van der Waals surface area contributed by atoms with Crippen molar-refractivity contribution in [2.75, 3.05) is 6.61 Å². The molecule has 0 aliphatic heterocycles. The Morgan fingerprint density at radius 3 is 2.53 bits per heavy atom. The topological polar surface area (TPSA) is 74.4 Å². The molecule has 0 spiro atoms. The van der Waals surface area contributed by atoms with Crippen LogP contribution in [0.4, 0.5) is 13.2 Å². The van der Waals surface area contributed by atoms with Crippen molar-refractivity contribution in [3.05, 3.63) is 59.5 Å². The Morgan fingerprint density at radius 1 is 0.971 bits per heavy atom. The first-order valence-electron chi connectivity index (χ1n) is 10.7. The lowest BCUT2D eigenvalue weighted by Gasteiger charge is -2.14. The molecule has 0 saturated carbocycles. The molecule has 0 saturated heterocycles. The number of unbranched alkanes of at least 4 members (excludes halogenated alkanes) is 3. The maximum atomic E-state index is 13.4. The van der Waals surface area contributed by atoms with Crippen LogP contribution in [0, 0.1) is 0 Å². The van der Waals surface area contributed by atoms with Crippen molar-refractivity contribution in [3.8, 4) is 28.6 Å². The minimum atomic E-state index is -4.54. The van der Waals surface area contributed by atoms with Crippen molar-refractivity contribution in [2.24, 2.45) is 0 Å². The molecule has 34 heavy (non-hydrogen) atoms. The molecule has 1 aromatic carbocycles. The summed E-state index contributed by atoms with van der Waals surface area (Å²) in [5.74, 6) is 0.430. The lowest BCUT2D eigenvalue weighted by atomic mass is 10.0. The second kappa shape index (κ2) is 10.3. The standard InChI is InChI=1S/C23H21ClF3N5O2/c1-2-3-4-5-12-33-20-10-6-15(14-28-20)17-8-7-16(23(25,26)27)13-18(17)34-21-11-9-19-29-30-22(24)32(19)31-21/h6-11,13-14H,2-5,12H2,1H3. The second-order valence-corrected chi connectivity index (χ2v) is 7.85. The van der Waals surface area contributed by atoms with Crippen LogP contribution in [0.3, 0.4) is 0 Å². The van der Waals surface area contributed by atoms with Gasteiger partial charge in [-0.25, -0.2) is 4.98 Å². The molecule has 0 radical (unpaired) electrons. The maximum Gasteiger partial charge on any atom is 0.416 e. The van der Waals surface area contributed by atoms with Crippen molar-refractivity contribution in [3.63, 3.8) is 0 Å². The van der Waals surface area contributed by atoms with Crippen LogP contribution in [-0.2, 0) is 6.18 Å². The first kappa shape index (κ1) is 23.7. The first-order valence-corrected chi connectivity index (χ1v) is 11.1. The normalized spacial score (nSPS) is 11.7. The van der Waals surface area contributed by atoms with Gasteiger partial charge in [-0.15, -0.1) is 15.3 Å². The molecule has 3 aromatic heterocycles. The van der Waals surface area contributed by atoms with Gasteiger partial charge in [0, 0.05) is 29.5 Å². The van der Waals surface area contributed by atoms with Gasteiger partial charge in [-0.1, -0.05) is 26.2 Å². The lowest BCUT2D eigenvalue weighted by molar-refractivity contribution is -0.137. The van der Waals surface area contributed by atoms with Gasteiger partial charge in [0.2, 0.25) is 17.0 Å². The van der Waals surface area contributed by atoms with Crippen LogP contribution in [-0.4, -0.2) is 31.4 Å². The molecule has 4 aromatic rings. The summed E-state index contributed by atoms with van der Waals surface area (Å²) >= 11 is 5.94. The highest BCUT2D eigenvalue weighted by molar-refractivity contribution is 6.28. The number of aromatic nitrogens is 5. The van der Waals surface area contributed by atoms with Gasteiger partial charge in [0.25, 0.3) is 0 Å². The molecule has 0 aliphatic carbocycles. The summed E-state index contributed by atoms with van der Waals surface area (Å²) in [5, 5.41) is 11.7. The number of fused-ring (bicyclic) bond motifs is 1. The number of hydrogen-bond donors (Lipinski definition) is 0. The highest BCUT2D eigenvalue weighted by Crippen LogP contribution is 2.39. The van der Waals surface area contributed by atoms with Crippen molar-refractivity contribution < 1.29 is 22.6 Å². The van der Waals surface area contributed by atoms with Crippen molar-refractivity contribution >= 4 is 17.2 Å². The number of alkyl halides is 3. The van der Waals surface area contributed by atoms with Gasteiger partial charge in [-0.05, 0) is 48.4 Å². The fourth-order valence-electron chi connectivity index (χ4n) is 3.27. The zero-order chi connectivity index (χ0) is 24.1. The van der Waals surface area contributed by atoms with Gasteiger partial charge < -0.3 is 9.47 Å². The zero-order valence-corrected chi connectivity index (χ0v) is 19.0. The summed E-state index contributed by atoms with van der Waals surface area (Å²) in [7, 11) is 0. The Balaban J connectivity index is 1.61. The van der Waals surface area contributed by atoms with E-state index in [-0.39, 0.29) is 16.9 Å². The third kappa shape index (κ3) is 5.56. The van der Waals surface area contributed by atoms with Gasteiger partial charge >= 0.3 is 6.18 Å². The SMILES string of the molecule is CCCCCCOc1ccc(-c2ccc(C(F)(F)F)cc2Oc2ccc3nnc(Cl)n3n2)cn1. The molecule has 7 nitrogen and oxygen atoms in total. The maximum absolute atomic E-state index is 13.4. The number of halogens is 4. The van der Waals surface area contributed by atoms with E-state index >= 15 is 0 Å². The fraction of sp³-hybridized carbons (Fsp3) is 0.304. The predicted octanol–water partition coefficient (Wildman–Crippen LogP) is 6.61. The number of hydrogen-bond acceptors (Lipinski definition) is 6. The number of rotatable bonds is 9. The van der Waals surface area contributed by atoms with Crippen LogP contribution in [0.1, 0.15) is 38.2 Å². The van der Waals surface area contributed by atoms with E-state index < -0.39 is 11.7 Å². The van der Waals surface area contributed by atoms with E-state index in [2.05, 4.69) is 27.2 Å². The van der Waals surface area contributed by atoms with Crippen molar-refractivity contribution in [1.29, 1.82) is 0 Å². The molecule has 0 bridgehead atoms. The van der Waals surface area contributed by atoms with E-state index in [0.717, 1.165) is 37.8 Å². The predicted molar refractivity (Wildman–Crippen MR) is 120 cm³/mol. The summed E-state index contributed by atoms with van der Waals surface area (Å²) in [5.41, 5.74) is 0.489. The summed E-state index contributed by atoms with van der Waals surface area (Å²) in [6.45, 7) is 2.69. The summed E-state index contributed by atoms with van der Waals surface area (Å²) < 4.78 is 52.7. The van der Waals surface area contributed by atoms with E-state index in [1.165, 1.54) is 22.8 Å². The minimum Gasteiger partial charge on any atom is -0.478 e. The van der Waals surface area contributed by atoms with Crippen molar-refractivity contribution in [2.45, 2.75) is 38.8 Å². The van der Waals surface area contributed by atoms with Crippen LogP contribution >= 0.6 is 11.6 Å². The van der Waals surface area contributed by atoms with Crippen LogP contribution in [0.25, 0.3) is 16.8 Å². The smallest absolute Gasteiger partial charge is 0.416 e. The fourth-order valence-corrected chi connectivity index (χ4v) is 3.43. The van der Waals surface area contributed by atoms with Gasteiger partial charge in [0.1, 0.15) is 5.75 Å². The number of pyridine rings is 1. The van der Waals surface area contributed by atoms with Crippen LogP contribution in [0.15, 0.2) is 48.7 Å². The molecule has 0 N–H and O–H groups in total. The van der Waals surface area contributed by atoms with Gasteiger partial charge in [0.15, 0.2) is 5.65 Å². The average Bonchev–Trinajstić information content (AvgIpc) is 3.19. The third-order valence-corrected chi connectivity index (χ3v) is 5.25. The van der Waals surface area contributed by atoms with E-state index in [1.807, 2.05) is 0 Å². The number of ether oxygens (including phenoxy) is 2. The Kier molecular flexibility index (Phi) is 7.16. The second-order valence-electron chi connectivity index (χ2n) is 7.52. The molecule has 178 valence electrons. The molecule has 0 fully saturated rings. The van der Waals surface area contributed by atoms with Gasteiger partial charge in [0.05, 0.1) is 12.2 Å². The highest BCUT2D eigenvalue weighted by Gasteiger charge is 2.31. The van der Waals surface area contributed by atoms with E-state index in [0.29, 0.717) is 29.3 Å². The Hall–Kier alpha value is -3.40. The molecular formula is C23H21ClF3N5O2. The summed E-state index contributed by atoms with van der Waals surface area (Å²) in [6, 6.07) is 9.67. The minimum absolute atomic E-state index is 0.000742. The van der Waals surface area contributed by atoms with E-state index in [1.54, 1.807) is 18.2 Å². The zero-order valence-electron chi connectivity index (χ0n) is 18.2. The monoisotopic (exact) mass is 491 g/mol. The van der Waals surface area contributed by atoms with E-state index in [9.17, 15) is 13.2 Å². The quantitative estimate of drug-likeness (QED) is 0.245. The van der Waals surface area contributed by atoms with E-state index in [4.69, 9.17) is 21.1 Å². The molecule has 3 heterocycles. The summed E-state index contributed by atoms with van der Waals surface area (Å²) in [6.07, 6.45) is 1.30. The Morgan fingerprint density at radius 2 is 1.79 bits per heavy atom. The average molecular weight is 492 g/mol. The largest absolute Gasteiger partial charge is 0.478 e. The number of nitrogens with zero attached hydrogens (tertiary/aromatic N) is 5. The molecule has 11 heteroatoms.